The molecule has 1 N–H and O–H groups in total. The minimum Gasteiger partial charge on any atom is -0.489 e. The Morgan fingerprint density at radius 2 is 1.78 bits per heavy atom. The lowest BCUT2D eigenvalue weighted by Gasteiger charge is -2.08. The number of cyclic esters (lactones) is 1. The van der Waals surface area contributed by atoms with Gasteiger partial charge in [0.1, 0.15) is 12.4 Å². The highest BCUT2D eigenvalue weighted by Gasteiger charge is 2.24. The standard InChI is InChI=1S/C25H19BrN2O4/c1-16(29)27-20-10-8-18(9-11-20)24-28-23(25(30)32-24)14-17-6-12-21(13-7-17)31-15-19-4-2-3-5-22(19)26/h2-14H,15H2,1H3,(H,27,29)/b23-14-. The fourth-order valence-electron chi connectivity index (χ4n) is 3.03. The number of halogens is 1. The highest BCUT2D eigenvalue weighted by Crippen LogP contribution is 2.23. The Kier molecular flexibility index (Phi) is 6.47. The van der Waals surface area contributed by atoms with E-state index in [0.29, 0.717) is 17.9 Å². The van der Waals surface area contributed by atoms with Crippen LogP contribution < -0.4 is 10.1 Å². The number of benzene rings is 3. The summed E-state index contributed by atoms with van der Waals surface area (Å²) in [6, 6.07) is 22.2. The van der Waals surface area contributed by atoms with E-state index in [1.54, 1.807) is 30.3 Å². The summed E-state index contributed by atoms with van der Waals surface area (Å²) in [6.45, 7) is 1.89. The molecule has 3 aromatic rings. The Morgan fingerprint density at radius 3 is 2.47 bits per heavy atom. The molecule has 160 valence electrons. The molecule has 32 heavy (non-hydrogen) atoms. The second-order valence-corrected chi connectivity index (χ2v) is 7.90. The molecule has 7 heteroatoms. The second-order valence-electron chi connectivity index (χ2n) is 7.04. The molecule has 0 unspecified atom stereocenters. The van der Waals surface area contributed by atoms with Crippen LogP contribution >= 0.6 is 15.9 Å². The van der Waals surface area contributed by atoms with Gasteiger partial charge in [0.2, 0.25) is 11.8 Å². The molecule has 1 heterocycles. The highest BCUT2D eigenvalue weighted by molar-refractivity contribution is 9.10. The minimum atomic E-state index is -0.514. The number of nitrogens with zero attached hydrogens (tertiary/aromatic N) is 1. The molecule has 4 rings (SSSR count). The molecule has 1 aliphatic heterocycles. The van der Waals surface area contributed by atoms with E-state index >= 15 is 0 Å². The van der Waals surface area contributed by atoms with E-state index < -0.39 is 5.97 Å². The van der Waals surface area contributed by atoms with Crippen LogP contribution in [0.1, 0.15) is 23.6 Å². The lowest BCUT2D eigenvalue weighted by atomic mass is 10.2. The van der Waals surface area contributed by atoms with E-state index in [9.17, 15) is 9.59 Å². The summed E-state index contributed by atoms with van der Waals surface area (Å²) in [5, 5.41) is 2.69. The Labute approximate surface area is 193 Å². The molecule has 1 aliphatic rings. The molecule has 0 radical (unpaired) electrons. The summed E-state index contributed by atoms with van der Waals surface area (Å²) in [6.07, 6.45) is 1.67. The predicted octanol–water partition coefficient (Wildman–Crippen LogP) is 5.33. The summed E-state index contributed by atoms with van der Waals surface area (Å²) in [4.78, 5) is 27.7. The van der Waals surface area contributed by atoms with Gasteiger partial charge in [-0.25, -0.2) is 9.79 Å². The molecule has 0 spiro atoms. The normalized spacial score (nSPS) is 14.1. The topological polar surface area (TPSA) is 77.0 Å². The van der Waals surface area contributed by atoms with Crippen molar-refractivity contribution in [1.82, 2.24) is 0 Å². The smallest absolute Gasteiger partial charge is 0.363 e. The van der Waals surface area contributed by atoms with Crippen molar-refractivity contribution >= 4 is 45.5 Å². The van der Waals surface area contributed by atoms with E-state index in [0.717, 1.165) is 21.3 Å². The fourth-order valence-corrected chi connectivity index (χ4v) is 3.43. The first kappa shape index (κ1) is 21.5. The van der Waals surface area contributed by atoms with Crippen molar-refractivity contribution in [3.05, 3.63) is 99.7 Å². The van der Waals surface area contributed by atoms with E-state index in [-0.39, 0.29) is 17.5 Å². The average molecular weight is 491 g/mol. The molecule has 0 aromatic heterocycles. The van der Waals surface area contributed by atoms with Gasteiger partial charge in [-0.2, -0.15) is 0 Å². The third-order valence-corrected chi connectivity index (χ3v) is 5.38. The van der Waals surface area contributed by atoms with Crippen LogP contribution in [0.25, 0.3) is 6.08 Å². The number of rotatable bonds is 6. The van der Waals surface area contributed by atoms with Crippen LogP contribution in [0.3, 0.4) is 0 Å². The van der Waals surface area contributed by atoms with Crippen LogP contribution in [0.4, 0.5) is 5.69 Å². The van der Waals surface area contributed by atoms with Gasteiger partial charge in [0.25, 0.3) is 0 Å². The number of carbonyl (C=O) groups excluding carboxylic acids is 2. The summed E-state index contributed by atoms with van der Waals surface area (Å²) in [5.74, 6) is 0.279. The van der Waals surface area contributed by atoms with Crippen LogP contribution in [-0.4, -0.2) is 17.8 Å². The lowest BCUT2D eigenvalue weighted by Crippen LogP contribution is -2.07. The van der Waals surface area contributed by atoms with Crippen molar-refractivity contribution in [2.45, 2.75) is 13.5 Å². The van der Waals surface area contributed by atoms with Crippen LogP contribution in [0, 0.1) is 0 Å². The maximum Gasteiger partial charge on any atom is 0.363 e. The quantitative estimate of drug-likeness (QED) is 0.374. The first-order valence-electron chi connectivity index (χ1n) is 9.85. The molecular formula is C25H19BrN2O4. The molecule has 0 atom stereocenters. The van der Waals surface area contributed by atoms with Crippen molar-refractivity contribution in [3.63, 3.8) is 0 Å². The van der Waals surface area contributed by atoms with Crippen LogP contribution in [0.5, 0.6) is 5.75 Å². The first-order chi connectivity index (χ1) is 15.5. The zero-order valence-corrected chi connectivity index (χ0v) is 18.8. The summed E-state index contributed by atoms with van der Waals surface area (Å²) in [5.41, 5.74) is 3.37. The molecule has 3 aromatic carbocycles. The second kappa shape index (κ2) is 9.62. The van der Waals surface area contributed by atoms with Crippen LogP contribution in [0.2, 0.25) is 0 Å². The monoisotopic (exact) mass is 490 g/mol. The molecule has 1 amide bonds. The van der Waals surface area contributed by atoms with Gasteiger partial charge in [0.15, 0.2) is 5.70 Å². The maximum absolute atomic E-state index is 12.2. The fraction of sp³-hybridized carbons (Fsp3) is 0.0800. The van der Waals surface area contributed by atoms with Gasteiger partial charge in [-0.1, -0.05) is 46.3 Å². The Bertz CT molecular complexity index is 1220. The van der Waals surface area contributed by atoms with Crippen molar-refractivity contribution in [2.24, 2.45) is 4.99 Å². The van der Waals surface area contributed by atoms with Crippen molar-refractivity contribution in [2.75, 3.05) is 5.32 Å². The first-order valence-corrected chi connectivity index (χ1v) is 10.6. The van der Waals surface area contributed by atoms with Gasteiger partial charge in [-0.15, -0.1) is 0 Å². The molecule has 0 saturated carbocycles. The largest absolute Gasteiger partial charge is 0.489 e. The number of nitrogens with one attached hydrogen (secondary N) is 1. The number of aliphatic imine (C=N–C) groups is 1. The van der Waals surface area contributed by atoms with Gasteiger partial charge in [0, 0.05) is 28.2 Å². The summed E-state index contributed by atoms with van der Waals surface area (Å²) < 4.78 is 12.1. The van der Waals surface area contributed by atoms with Gasteiger partial charge in [-0.05, 0) is 54.1 Å². The third kappa shape index (κ3) is 5.31. The highest BCUT2D eigenvalue weighted by atomic mass is 79.9. The minimum absolute atomic E-state index is 0.156. The van der Waals surface area contributed by atoms with Crippen molar-refractivity contribution in [3.8, 4) is 5.75 Å². The molecular weight excluding hydrogens is 472 g/mol. The van der Waals surface area contributed by atoms with Crippen LogP contribution in [0.15, 0.2) is 88.0 Å². The van der Waals surface area contributed by atoms with Gasteiger partial charge >= 0.3 is 5.97 Å². The molecule has 6 nitrogen and oxygen atoms in total. The van der Waals surface area contributed by atoms with Gasteiger partial charge < -0.3 is 14.8 Å². The number of hydrogen-bond acceptors (Lipinski definition) is 5. The molecule has 0 saturated heterocycles. The van der Waals surface area contributed by atoms with E-state index in [4.69, 9.17) is 9.47 Å². The van der Waals surface area contributed by atoms with Crippen molar-refractivity contribution < 1.29 is 19.1 Å². The summed E-state index contributed by atoms with van der Waals surface area (Å²) in [7, 11) is 0. The third-order valence-electron chi connectivity index (χ3n) is 4.61. The number of anilines is 1. The van der Waals surface area contributed by atoms with Gasteiger partial charge in [0.05, 0.1) is 0 Å². The van der Waals surface area contributed by atoms with E-state index in [1.165, 1.54) is 6.92 Å². The predicted molar refractivity (Wildman–Crippen MR) is 126 cm³/mol. The maximum atomic E-state index is 12.2. The summed E-state index contributed by atoms with van der Waals surface area (Å²) >= 11 is 3.51. The molecule has 0 fully saturated rings. The van der Waals surface area contributed by atoms with Gasteiger partial charge in [-0.3, -0.25) is 4.79 Å². The average Bonchev–Trinajstić information content (AvgIpc) is 3.14. The molecule has 0 aliphatic carbocycles. The SMILES string of the molecule is CC(=O)Nc1ccc(C2=N/C(=C\c3ccc(OCc4ccccc4Br)cc3)C(=O)O2)cc1. The van der Waals surface area contributed by atoms with E-state index in [1.807, 2.05) is 48.5 Å². The van der Waals surface area contributed by atoms with Crippen molar-refractivity contribution in [1.29, 1.82) is 0 Å². The zero-order chi connectivity index (χ0) is 22.5. The zero-order valence-electron chi connectivity index (χ0n) is 17.2. The van der Waals surface area contributed by atoms with Crippen LogP contribution in [-0.2, 0) is 20.9 Å². The number of ether oxygens (including phenoxy) is 2. The molecule has 0 bridgehead atoms. The van der Waals surface area contributed by atoms with E-state index in [2.05, 4.69) is 26.2 Å². The Balaban J connectivity index is 1.44. The number of carbonyl (C=O) groups is 2. The number of hydrogen-bond donors (Lipinski definition) is 1. The Morgan fingerprint density at radius 1 is 1.06 bits per heavy atom. The Hall–Kier alpha value is -3.71. The number of esters is 1. The number of amides is 1. The lowest BCUT2D eigenvalue weighted by molar-refractivity contribution is -0.129.